The maximum absolute atomic E-state index is 12.1. The third-order valence-electron chi connectivity index (χ3n) is 3.33. The largest absolute Gasteiger partial charge is 0.355 e. The topological polar surface area (TPSA) is 29.1 Å². The fourth-order valence-corrected chi connectivity index (χ4v) is 3.02. The molecular formula is C18H20ClNOS. The van der Waals surface area contributed by atoms with Crippen LogP contribution in [-0.4, -0.2) is 17.7 Å². The van der Waals surface area contributed by atoms with Gasteiger partial charge in [-0.15, -0.1) is 11.8 Å². The van der Waals surface area contributed by atoms with Crippen LogP contribution in [0.3, 0.4) is 0 Å². The minimum absolute atomic E-state index is 0.0690. The van der Waals surface area contributed by atoms with Gasteiger partial charge >= 0.3 is 0 Å². The molecule has 1 N–H and O–H groups in total. The third kappa shape index (κ3) is 5.39. The molecule has 1 amide bonds. The summed E-state index contributed by atoms with van der Waals surface area (Å²) in [5, 5.41) is 3.61. The minimum Gasteiger partial charge on any atom is -0.355 e. The normalized spacial score (nSPS) is 12.0. The van der Waals surface area contributed by atoms with Gasteiger partial charge in [-0.1, -0.05) is 41.4 Å². The second-order valence-electron chi connectivity index (χ2n) is 5.24. The number of rotatable bonds is 6. The Morgan fingerprint density at radius 2 is 1.77 bits per heavy atom. The smallest absolute Gasteiger partial charge is 0.233 e. The van der Waals surface area contributed by atoms with Crippen molar-refractivity contribution in [2.24, 2.45) is 0 Å². The van der Waals surface area contributed by atoms with E-state index in [0.29, 0.717) is 6.54 Å². The quantitative estimate of drug-likeness (QED) is 0.789. The molecule has 0 heterocycles. The number of carbonyl (C=O) groups is 1. The summed E-state index contributed by atoms with van der Waals surface area (Å²) in [5.41, 5.74) is 2.40. The van der Waals surface area contributed by atoms with Gasteiger partial charge < -0.3 is 5.32 Å². The fraction of sp³-hybridized carbons (Fsp3) is 0.278. The van der Waals surface area contributed by atoms with Crippen molar-refractivity contribution in [2.75, 3.05) is 6.54 Å². The van der Waals surface area contributed by atoms with Crippen LogP contribution >= 0.6 is 23.4 Å². The molecule has 2 aromatic carbocycles. The van der Waals surface area contributed by atoms with Gasteiger partial charge in [0.05, 0.1) is 5.25 Å². The van der Waals surface area contributed by atoms with Gasteiger partial charge in [-0.3, -0.25) is 4.79 Å². The maximum atomic E-state index is 12.1. The number of benzene rings is 2. The van der Waals surface area contributed by atoms with E-state index in [4.69, 9.17) is 11.6 Å². The summed E-state index contributed by atoms with van der Waals surface area (Å²) in [6, 6.07) is 15.9. The molecular weight excluding hydrogens is 314 g/mol. The summed E-state index contributed by atoms with van der Waals surface area (Å²) in [7, 11) is 0. The number of hydrogen-bond donors (Lipinski definition) is 1. The Balaban J connectivity index is 1.76. The Kier molecular flexibility index (Phi) is 6.34. The lowest BCUT2D eigenvalue weighted by atomic mass is 10.1. The third-order valence-corrected chi connectivity index (χ3v) is 4.69. The first kappa shape index (κ1) is 16.9. The van der Waals surface area contributed by atoms with Gasteiger partial charge in [0.1, 0.15) is 0 Å². The van der Waals surface area contributed by atoms with Crippen LogP contribution in [0, 0.1) is 6.92 Å². The van der Waals surface area contributed by atoms with Crippen LogP contribution in [0.15, 0.2) is 53.4 Å². The van der Waals surface area contributed by atoms with Crippen LogP contribution in [0.4, 0.5) is 0 Å². The number of hydrogen-bond acceptors (Lipinski definition) is 2. The van der Waals surface area contributed by atoms with E-state index in [1.165, 1.54) is 11.1 Å². The Labute approximate surface area is 141 Å². The fourth-order valence-electron chi connectivity index (χ4n) is 2.00. The molecule has 2 nitrogen and oxygen atoms in total. The zero-order chi connectivity index (χ0) is 15.9. The van der Waals surface area contributed by atoms with Crippen LogP contribution in [-0.2, 0) is 11.2 Å². The van der Waals surface area contributed by atoms with Crippen molar-refractivity contribution < 1.29 is 4.79 Å². The van der Waals surface area contributed by atoms with Crippen LogP contribution in [0.1, 0.15) is 18.1 Å². The first-order valence-corrected chi connectivity index (χ1v) is 8.56. The predicted octanol–water partition coefficient (Wildman–Crippen LogP) is 4.49. The highest BCUT2D eigenvalue weighted by molar-refractivity contribution is 8.00. The summed E-state index contributed by atoms with van der Waals surface area (Å²) in [5.74, 6) is 0.0690. The highest BCUT2D eigenvalue weighted by Gasteiger charge is 2.13. The standard InChI is InChI=1S/C18H20ClNOS/c1-13-3-9-17(10-4-13)22-14(2)18(21)20-12-11-15-5-7-16(19)8-6-15/h3-10,14H,11-12H2,1-2H3,(H,20,21). The first-order chi connectivity index (χ1) is 10.5. The van der Waals surface area contributed by atoms with E-state index in [1.807, 2.05) is 31.2 Å². The summed E-state index contributed by atoms with van der Waals surface area (Å²) >= 11 is 7.43. The Hall–Kier alpha value is -1.45. The van der Waals surface area contributed by atoms with E-state index < -0.39 is 0 Å². The monoisotopic (exact) mass is 333 g/mol. The number of thioether (sulfide) groups is 1. The SMILES string of the molecule is Cc1ccc(SC(C)C(=O)NCCc2ccc(Cl)cc2)cc1. The summed E-state index contributed by atoms with van der Waals surface area (Å²) < 4.78 is 0. The molecule has 0 saturated carbocycles. The van der Waals surface area contributed by atoms with Crippen molar-refractivity contribution in [2.45, 2.75) is 30.4 Å². The van der Waals surface area contributed by atoms with Crippen LogP contribution in [0.25, 0.3) is 0 Å². The second kappa shape index (κ2) is 8.25. The van der Waals surface area contributed by atoms with Gasteiger partial charge in [-0.25, -0.2) is 0 Å². The molecule has 0 saturated heterocycles. The van der Waals surface area contributed by atoms with Crippen LogP contribution in [0.2, 0.25) is 5.02 Å². The summed E-state index contributed by atoms with van der Waals surface area (Å²) in [4.78, 5) is 13.2. The van der Waals surface area contributed by atoms with Gasteiger partial charge in [-0.05, 0) is 50.1 Å². The van der Waals surface area contributed by atoms with Gasteiger partial charge in [0.2, 0.25) is 5.91 Å². The van der Waals surface area contributed by atoms with E-state index in [2.05, 4.69) is 36.5 Å². The Morgan fingerprint density at radius 3 is 2.41 bits per heavy atom. The Bertz CT molecular complexity index is 610. The first-order valence-electron chi connectivity index (χ1n) is 7.30. The van der Waals surface area contributed by atoms with Gasteiger partial charge in [0.15, 0.2) is 0 Å². The van der Waals surface area contributed by atoms with Crippen LogP contribution in [0.5, 0.6) is 0 Å². The van der Waals surface area contributed by atoms with Gasteiger partial charge in [0, 0.05) is 16.5 Å². The summed E-state index contributed by atoms with van der Waals surface area (Å²) in [6.45, 7) is 4.63. The Morgan fingerprint density at radius 1 is 1.14 bits per heavy atom. The van der Waals surface area contributed by atoms with E-state index in [9.17, 15) is 4.79 Å². The molecule has 0 spiro atoms. The van der Waals surface area contributed by atoms with Crippen molar-refractivity contribution in [3.8, 4) is 0 Å². The van der Waals surface area contributed by atoms with Crippen LogP contribution < -0.4 is 5.32 Å². The number of aryl methyl sites for hydroxylation is 1. The molecule has 0 fully saturated rings. The lowest BCUT2D eigenvalue weighted by molar-refractivity contribution is -0.120. The van der Waals surface area contributed by atoms with Gasteiger partial charge in [-0.2, -0.15) is 0 Å². The number of carbonyl (C=O) groups excluding carboxylic acids is 1. The highest BCUT2D eigenvalue weighted by atomic mass is 35.5. The molecule has 0 bridgehead atoms. The second-order valence-corrected chi connectivity index (χ2v) is 7.09. The molecule has 22 heavy (non-hydrogen) atoms. The maximum Gasteiger partial charge on any atom is 0.233 e. The van der Waals surface area contributed by atoms with Crippen molar-refractivity contribution in [1.29, 1.82) is 0 Å². The lowest BCUT2D eigenvalue weighted by Gasteiger charge is -2.12. The predicted molar refractivity (Wildman–Crippen MR) is 94.7 cm³/mol. The van der Waals surface area contributed by atoms with Crippen molar-refractivity contribution in [3.05, 3.63) is 64.7 Å². The highest BCUT2D eigenvalue weighted by Crippen LogP contribution is 2.23. The van der Waals surface area contributed by atoms with E-state index in [0.717, 1.165) is 16.3 Å². The number of amides is 1. The van der Waals surface area contributed by atoms with E-state index >= 15 is 0 Å². The lowest BCUT2D eigenvalue weighted by Crippen LogP contribution is -2.32. The molecule has 0 radical (unpaired) electrons. The molecule has 1 atom stereocenters. The number of nitrogens with one attached hydrogen (secondary N) is 1. The molecule has 0 aliphatic rings. The van der Waals surface area contributed by atoms with Crippen molar-refractivity contribution in [1.82, 2.24) is 5.32 Å². The minimum atomic E-state index is -0.104. The molecule has 1 unspecified atom stereocenters. The summed E-state index contributed by atoms with van der Waals surface area (Å²) in [6.07, 6.45) is 0.810. The molecule has 2 aromatic rings. The molecule has 0 aliphatic carbocycles. The number of halogens is 1. The average molecular weight is 334 g/mol. The molecule has 2 rings (SSSR count). The molecule has 0 aliphatic heterocycles. The molecule has 116 valence electrons. The zero-order valence-corrected chi connectivity index (χ0v) is 14.4. The van der Waals surface area contributed by atoms with Crippen molar-refractivity contribution in [3.63, 3.8) is 0 Å². The van der Waals surface area contributed by atoms with E-state index in [-0.39, 0.29) is 11.2 Å². The molecule has 4 heteroatoms. The van der Waals surface area contributed by atoms with Gasteiger partial charge in [0.25, 0.3) is 0 Å². The van der Waals surface area contributed by atoms with Crippen molar-refractivity contribution >= 4 is 29.3 Å². The molecule has 0 aromatic heterocycles. The zero-order valence-electron chi connectivity index (χ0n) is 12.8. The average Bonchev–Trinajstić information content (AvgIpc) is 2.51. The van der Waals surface area contributed by atoms with E-state index in [1.54, 1.807) is 11.8 Å².